The molecule has 21 heavy (non-hydrogen) atoms. The normalized spacial score (nSPS) is 10.5. The molecule has 1 aromatic carbocycles. The van der Waals surface area contributed by atoms with E-state index < -0.39 is 5.91 Å². The minimum atomic E-state index is -0.445. The van der Waals surface area contributed by atoms with Gasteiger partial charge in [0.15, 0.2) is 5.76 Å². The van der Waals surface area contributed by atoms with Gasteiger partial charge in [0, 0.05) is 0 Å². The number of fused-ring (bicyclic) bond motifs is 1. The number of hydrogen-bond donors (Lipinski definition) is 3. The van der Waals surface area contributed by atoms with Crippen molar-refractivity contribution in [1.29, 1.82) is 0 Å². The second kappa shape index (κ2) is 5.49. The summed E-state index contributed by atoms with van der Waals surface area (Å²) >= 11 is 0. The summed E-state index contributed by atoms with van der Waals surface area (Å²) in [5.41, 5.74) is 1.58. The molecule has 3 N–H and O–H groups in total. The Morgan fingerprint density at radius 3 is 2.81 bits per heavy atom. The van der Waals surface area contributed by atoms with Gasteiger partial charge in [-0.25, -0.2) is 4.98 Å². The number of nitrogens with zero attached hydrogens (tertiary/aromatic N) is 1. The molecule has 0 spiro atoms. The maximum atomic E-state index is 11.7. The smallest absolute Gasteiger partial charge is 0.287 e. The molecule has 0 saturated heterocycles. The van der Waals surface area contributed by atoms with Crippen molar-refractivity contribution in [2.45, 2.75) is 0 Å². The fraction of sp³-hybridized carbons (Fsp3) is 0.0714. The van der Waals surface area contributed by atoms with Gasteiger partial charge >= 0.3 is 0 Å². The zero-order chi connectivity index (χ0) is 14.7. The number of imidazole rings is 1. The number of hydrogen-bond acceptors (Lipinski definition) is 4. The standard InChI is InChI=1S/C14H12N4O3/c19-12(8-15-13(20)11-6-3-7-21-11)18-14-16-9-4-1-2-5-10(9)17-14/h1-7H,8H2,(H,15,20)(H2,16,17,18,19). The van der Waals surface area contributed by atoms with E-state index in [-0.39, 0.29) is 18.2 Å². The molecule has 0 aliphatic carbocycles. The minimum absolute atomic E-state index is 0.159. The Balaban J connectivity index is 1.57. The van der Waals surface area contributed by atoms with Crippen LogP contribution in [0.3, 0.4) is 0 Å². The van der Waals surface area contributed by atoms with Crippen molar-refractivity contribution in [3.63, 3.8) is 0 Å². The molecule has 2 amide bonds. The van der Waals surface area contributed by atoms with Crippen LogP contribution in [-0.2, 0) is 4.79 Å². The molecule has 3 aromatic rings. The van der Waals surface area contributed by atoms with Crippen molar-refractivity contribution in [3.05, 3.63) is 48.4 Å². The lowest BCUT2D eigenvalue weighted by atomic mass is 10.3. The van der Waals surface area contributed by atoms with E-state index >= 15 is 0 Å². The summed E-state index contributed by atoms with van der Waals surface area (Å²) in [6.07, 6.45) is 1.39. The van der Waals surface area contributed by atoms with E-state index in [4.69, 9.17) is 4.42 Å². The molecule has 7 nitrogen and oxygen atoms in total. The van der Waals surface area contributed by atoms with Crippen molar-refractivity contribution in [2.24, 2.45) is 0 Å². The molecule has 106 valence electrons. The molecule has 2 heterocycles. The number of nitrogens with one attached hydrogen (secondary N) is 3. The van der Waals surface area contributed by atoms with E-state index in [9.17, 15) is 9.59 Å². The number of furan rings is 1. The quantitative estimate of drug-likeness (QED) is 0.676. The van der Waals surface area contributed by atoms with Crippen molar-refractivity contribution in [1.82, 2.24) is 15.3 Å². The maximum Gasteiger partial charge on any atom is 0.287 e. The highest BCUT2D eigenvalue weighted by Crippen LogP contribution is 2.12. The van der Waals surface area contributed by atoms with Gasteiger partial charge in [0.05, 0.1) is 23.8 Å². The second-order valence-electron chi connectivity index (χ2n) is 4.31. The van der Waals surface area contributed by atoms with Gasteiger partial charge in [-0.1, -0.05) is 12.1 Å². The van der Waals surface area contributed by atoms with E-state index in [0.29, 0.717) is 5.95 Å². The lowest BCUT2D eigenvalue weighted by Gasteiger charge is -2.03. The Hall–Kier alpha value is -3.09. The number of H-pyrrole nitrogens is 1. The van der Waals surface area contributed by atoms with Gasteiger partial charge < -0.3 is 14.7 Å². The van der Waals surface area contributed by atoms with E-state index in [1.54, 1.807) is 6.07 Å². The first-order valence-corrected chi connectivity index (χ1v) is 6.29. The van der Waals surface area contributed by atoms with Gasteiger partial charge in [-0.2, -0.15) is 0 Å². The Kier molecular flexibility index (Phi) is 3.38. The molecule has 0 unspecified atom stereocenters. The molecule has 0 fully saturated rings. The van der Waals surface area contributed by atoms with Gasteiger partial charge in [0.25, 0.3) is 5.91 Å². The number of carbonyl (C=O) groups is 2. The summed E-state index contributed by atoms with van der Waals surface area (Å²) in [4.78, 5) is 30.5. The Labute approximate surface area is 119 Å². The van der Waals surface area contributed by atoms with Crippen LogP contribution in [0.2, 0.25) is 0 Å². The zero-order valence-electron chi connectivity index (χ0n) is 10.9. The molecule has 0 radical (unpaired) electrons. The third-order valence-corrected chi connectivity index (χ3v) is 2.80. The van der Waals surface area contributed by atoms with Crippen LogP contribution in [0, 0.1) is 0 Å². The average molecular weight is 284 g/mol. The van der Waals surface area contributed by atoms with E-state index in [1.165, 1.54) is 12.3 Å². The predicted octanol–water partition coefficient (Wildman–Crippen LogP) is 1.52. The van der Waals surface area contributed by atoms with Gasteiger partial charge in [-0.05, 0) is 24.3 Å². The largest absolute Gasteiger partial charge is 0.459 e. The molecular formula is C14H12N4O3. The number of amides is 2. The Morgan fingerprint density at radius 2 is 2.05 bits per heavy atom. The number of para-hydroxylation sites is 2. The van der Waals surface area contributed by atoms with Crippen molar-refractivity contribution < 1.29 is 14.0 Å². The molecule has 0 saturated carbocycles. The first-order valence-electron chi connectivity index (χ1n) is 6.29. The lowest BCUT2D eigenvalue weighted by molar-refractivity contribution is -0.115. The fourth-order valence-electron chi connectivity index (χ4n) is 1.84. The molecule has 0 bridgehead atoms. The second-order valence-corrected chi connectivity index (χ2v) is 4.31. The SMILES string of the molecule is O=C(CNC(=O)c1ccco1)Nc1nc2ccccc2[nH]1. The Bertz CT molecular complexity index is 743. The van der Waals surface area contributed by atoms with Crippen molar-refractivity contribution in [3.8, 4) is 0 Å². The molecule has 3 rings (SSSR count). The number of aromatic amines is 1. The van der Waals surface area contributed by atoms with Crippen LogP contribution in [0.4, 0.5) is 5.95 Å². The molecule has 0 aliphatic heterocycles. The zero-order valence-corrected chi connectivity index (χ0v) is 10.9. The molecular weight excluding hydrogens is 272 g/mol. The molecule has 0 atom stereocenters. The van der Waals surface area contributed by atoms with Crippen LogP contribution in [0.1, 0.15) is 10.6 Å². The van der Waals surface area contributed by atoms with Crippen LogP contribution >= 0.6 is 0 Å². The van der Waals surface area contributed by atoms with Crippen molar-refractivity contribution in [2.75, 3.05) is 11.9 Å². The lowest BCUT2D eigenvalue weighted by Crippen LogP contribution is -2.32. The highest BCUT2D eigenvalue weighted by atomic mass is 16.3. The van der Waals surface area contributed by atoms with E-state index in [1.807, 2.05) is 24.3 Å². The van der Waals surface area contributed by atoms with E-state index in [0.717, 1.165) is 11.0 Å². The summed E-state index contributed by atoms with van der Waals surface area (Å²) in [5, 5.41) is 5.03. The summed E-state index contributed by atoms with van der Waals surface area (Å²) < 4.78 is 4.92. The van der Waals surface area contributed by atoms with Gasteiger partial charge in [-0.15, -0.1) is 0 Å². The summed E-state index contributed by atoms with van der Waals surface area (Å²) in [7, 11) is 0. The third kappa shape index (κ3) is 2.92. The van der Waals surface area contributed by atoms with Crippen molar-refractivity contribution >= 4 is 28.8 Å². The Morgan fingerprint density at radius 1 is 1.19 bits per heavy atom. The summed E-state index contributed by atoms with van der Waals surface area (Å²) in [6.45, 7) is -0.170. The van der Waals surface area contributed by atoms with Crippen LogP contribution in [0.25, 0.3) is 11.0 Å². The van der Waals surface area contributed by atoms with E-state index in [2.05, 4.69) is 20.6 Å². The summed E-state index contributed by atoms with van der Waals surface area (Å²) in [5.74, 6) is -0.325. The van der Waals surface area contributed by atoms with Crippen LogP contribution in [0.15, 0.2) is 47.1 Å². The monoisotopic (exact) mass is 284 g/mol. The van der Waals surface area contributed by atoms with Gasteiger partial charge in [0.2, 0.25) is 11.9 Å². The van der Waals surface area contributed by atoms with Gasteiger partial charge in [-0.3, -0.25) is 14.9 Å². The molecule has 7 heteroatoms. The topological polar surface area (TPSA) is 100 Å². The first-order chi connectivity index (χ1) is 10.2. The third-order valence-electron chi connectivity index (χ3n) is 2.80. The number of carbonyl (C=O) groups excluding carboxylic acids is 2. The number of benzene rings is 1. The number of anilines is 1. The summed E-state index contributed by atoms with van der Waals surface area (Å²) in [6, 6.07) is 10.5. The van der Waals surface area contributed by atoms with Crippen LogP contribution < -0.4 is 10.6 Å². The predicted molar refractivity (Wildman–Crippen MR) is 75.8 cm³/mol. The first kappa shape index (κ1) is 12.9. The average Bonchev–Trinajstić information content (AvgIpc) is 3.13. The molecule has 0 aliphatic rings. The molecule has 2 aromatic heterocycles. The highest BCUT2D eigenvalue weighted by Gasteiger charge is 2.11. The maximum absolute atomic E-state index is 11.7. The fourth-order valence-corrected chi connectivity index (χ4v) is 1.84. The number of rotatable bonds is 4. The minimum Gasteiger partial charge on any atom is -0.459 e. The van der Waals surface area contributed by atoms with Crippen LogP contribution in [-0.4, -0.2) is 28.3 Å². The number of aromatic nitrogens is 2. The van der Waals surface area contributed by atoms with Gasteiger partial charge in [0.1, 0.15) is 0 Å². The van der Waals surface area contributed by atoms with Crippen LogP contribution in [0.5, 0.6) is 0 Å². The highest BCUT2D eigenvalue weighted by molar-refractivity contribution is 5.97.